The molecule has 0 spiro atoms. The number of amides is 1. The van der Waals surface area contributed by atoms with Crippen LogP contribution in [0, 0.1) is 5.92 Å². The Bertz CT molecular complexity index is 396. The zero-order valence-corrected chi connectivity index (χ0v) is 9.60. The first-order valence-electron chi connectivity index (χ1n) is 5.08. The summed E-state index contributed by atoms with van der Waals surface area (Å²) in [5.74, 6) is -1.53. The molecule has 1 rings (SSSR count). The van der Waals surface area contributed by atoms with Gasteiger partial charge < -0.3 is 15.0 Å². The first kappa shape index (κ1) is 12.3. The van der Waals surface area contributed by atoms with Crippen LogP contribution in [0.2, 0.25) is 0 Å². The Morgan fingerprint density at radius 3 is 2.44 bits per heavy atom. The van der Waals surface area contributed by atoms with Crippen molar-refractivity contribution in [3.63, 3.8) is 0 Å². The third kappa shape index (κ3) is 2.62. The third-order valence-corrected chi connectivity index (χ3v) is 2.40. The molecular formula is C11H16N2O3. The van der Waals surface area contributed by atoms with E-state index < -0.39 is 12.0 Å². The lowest BCUT2D eigenvalue weighted by Crippen LogP contribution is -2.44. The number of aliphatic carboxylic acids is 1. The fraction of sp³-hybridized carbons (Fsp3) is 0.455. The van der Waals surface area contributed by atoms with Gasteiger partial charge in [0, 0.05) is 13.2 Å². The molecule has 1 amide bonds. The van der Waals surface area contributed by atoms with Crippen molar-refractivity contribution in [1.29, 1.82) is 0 Å². The number of aromatic nitrogens is 1. The average molecular weight is 224 g/mol. The molecule has 0 aliphatic rings. The molecule has 1 unspecified atom stereocenters. The lowest BCUT2D eigenvalue weighted by molar-refractivity contribution is -0.140. The first-order valence-corrected chi connectivity index (χ1v) is 5.08. The van der Waals surface area contributed by atoms with E-state index in [4.69, 9.17) is 5.11 Å². The molecule has 0 saturated carbocycles. The fourth-order valence-corrected chi connectivity index (χ4v) is 1.43. The van der Waals surface area contributed by atoms with E-state index in [-0.39, 0.29) is 11.8 Å². The molecule has 16 heavy (non-hydrogen) atoms. The maximum Gasteiger partial charge on any atom is 0.326 e. The van der Waals surface area contributed by atoms with E-state index in [0.29, 0.717) is 5.69 Å². The molecule has 1 heterocycles. The summed E-state index contributed by atoms with van der Waals surface area (Å²) in [5, 5.41) is 11.4. The van der Waals surface area contributed by atoms with Gasteiger partial charge in [0.1, 0.15) is 11.7 Å². The van der Waals surface area contributed by atoms with Crippen LogP contribution in [-0.2, 0) is 11.8 Å². The van der Waals surface area contributed by atoms with Gasteiger partial charge in [-0.1, -0.05) is 13.8 Å². The molecule has 1 atom stereocenters. The summed E-state index contributed by atoms with van der Waals surface area (Å²) in [5.41, 5.74) is 0.451. The summed E-state index contributed by atoms with van der Waals surface area (Å²) in [4.78, 5) is 22.7. The van der Waals surface area contributed by atoms with Gasteiger partial charge in [0.15, 0.2) is 0 Å². The highest BCUT2D eigenvalue weighted by atomic mass is 16.4. The summed E-state index contributed by atoms with van der Waals surface area (Å²) in [6.45, 7) is 3.51. The Balaban J connectivity index is 2.77. The van der Waals surface area contributed by atoms with E-state index in [0.717, 1.165) is 0 Å². The van der Waals surface area contributed by atoms with Crippen LogP contribution < -0.4 is 5.32 Å². The molecule has 1 aromatic rings. The summed E-state index contributed by atoms with van der Waals surface area (Å²) in [6.07, 6.45) is 1.74. The second-order valence-corrected chi connectivity index (χ2v) is 4.04. The van der Waals surface area contributed by atoms with Crippen LogP contribution in [0.15, 0.2) is 18.3 Å². The Hall–Kier alpha value is -1.78. The molecule has 0 radical (unpaired) electrons. The first-order chi connectivity index (χ1) is 7.43. The Kier molecular flexibility index (Phi) is 3.71. The van der Waals surface area contributed by atoms with E-state index in [1.165, 1.54) is 0 Å². The normalized spacial score (nSPS) is 12.5. The van der Waals surface area contributed by atoms with Crippen molar-refractivity contribution >= 4 is 11.9 Å². The van der Waals surface area contributed by atoms with Gasteiger partial charge in [-0.15, -0.1) is 0 Å². The number of carbonyl (C=O) groups excluding carboxylic acids is 1. The SMILES string of the molecule is CC(C)C(NC(=O)c1cccn1C)C(=O)O. The highest BCUT2D eigenvalue weighted by Crippen LogP contribution is 2.05. The van der Waals surface area contributed by atoms with Gasteiger partial charge in [-0.2, -0.15) is 0 Å². The molecule has 5 heteroatoms. The van der Waals surface area contributed by atoms with Crippen molar-refractivity contribution in [3.8, 4) is 0 Å². The lowest BCUT2D eigenvalue weighted by atomic mass is 10.0. The van der Waals surface area contributed by atoms with Gasteiger partial charge in [-0.25, -0.2) is 4.79 Å². The number of nitrogens with zero attached hydrogens (tertiary/aromatic N) is 1. The molecule has 1 aromatic heterocycles. The van der Waals surface area contributed by atoms with Crippen molar-refractivity contribution in [3.05, 3.63) is 24.0 Å². The summed E-state index contributed by atoms with van der Waals surface area (Å²) in [6, 6.07) is 2.52. The van der Waals surface area contributed by atoms with Crippen LogP contribution >= 0.6 is 0 Å². The van der Waals surface area contributed by atoms with Crippen LogP contribution in [0.3, 0.4) is 0 Å². The maximum atomic E-state index is 11.8. The number of hydrogen-bond acceptors (Lipinski definition) is 2. The summed E-state index contributed by atoms with van der Waals surface area (Å²) >= 11 is 0. The van der Waals surface area contributed by atoms with Crippen LogP contribution in [0.25, 0.3) is 0 Å². The molecule has 0 bridgehead atoms. The van der Waals surface area contributed by atoms with Gasteiger partial charge in [0.25, 0.3) is 5.91 Å². The van der Waals surface area contributed by atoms with Crippen molar-refractivity contribution < 1.29 is 14.7 Å². The molecule has 0 aromatic carbocycles. The molecule has 2 N–H and O–H groups in total. The van der Waals surface area contributed by atoms with Crippen LogP contribution in [0.5, 0.6) is 0 Å². The number of hydrogen-bond donors (Lipinski definition) is 2. The second kappa shape index (κ2) is 4.83. The van der Waals surface area contributed by atoms with Gasteiger partial charge in [0.2, 0.25) is 0 Å². The molecule has 0 aliphatic carbocycles. The highest BCUT2D eigenvalue weighted by molar-refractivity contribution is 5.95. The van der Waals surface area contributed by atoms with E-state index in [1.54, 1.807) is 43.8 Å². The zero-order chi connectivity index (χ0) is 12.3. The van der Waals surface area contributed by atoms with Gasteiger partial charge in [-0.3, -0.25) is 4.79 Å². The number of rotatable bonds is 4. The van der Waals surface area contributed by atoms with Crippen molar-refractivity contribution in [2.24, 2.45) is 13.0 Å². The Labute approximate surface area is 94.1 Å². The van der Waals surface area contributed by atoms with Gasteiger partial charge >= 0.3 is 5.97 Å². The fourth-order valence-electron chi connectivity index (χ4n) is 1.43. The highest BCUT2D eigenvalue weighted by Gasteiger charge is 2.24. The van der Waals surface area contributed by atoms with E-state index in [1.807, 2.05) is 0 Å². The minimum absolute atomic E-state index is 0.151. The Morgan fingerprint density at radius 2 is 2.06 bits per heavy atom. The minimum atomic E-state index is -1.02. The average Bonchev–Trinajstić information content (AvgIpc) is 2.59. The topological polar surface area (TPSA) is 71.3 Å². The zero-order valence-electron chi connectivity index (χ0n) is 9.60. The molecule has 0 saturated heterocycles. The van der Waals surface area contributed by atoms with Crippen molar-refractivity contribution in [2.75, 3.05) is 0 Å². The summed E-state index contributed by atoms with van der Waals surface area (Å²) in [7, 11) is 1.74. The third-order valence-electron chi connectivity index (χ3n) is 2.40. The number of aryl methyl sites for hydroxylation is 1. The molecule has 88 valence electrons. The quantitative estimate of drug-likeness (QED) is 0.797. The largest absolute Gasteiger partial charge is 0.480 e. The maximum absolute atomic E-state index is 11.8. The number of carbonyl (C=O) groups is 2. The second-order valence-electron chi connectivity index (χ2n) is 4.04. The van der Waals surface area contributed by atoms with E-state index in [9.17, 15) is 9.59 Å². The lowest BCUT2D eigenvalue weighted by Gasteiger charge is -2.17. The predicted molar refractivity (Wildman–Crippen MR) is 59.1 cm³/mol. The monoisotopic (exact) mass is 224 g/mol. The van der Waals surface area contributed by atoms with E-state index >= 15 is 0 Å². The van der Waals surface area contributed by atoms with Gasteiger partial charge in [0.05, 0.1) is 0 Å². The number of carboxylic acids is 1. The molecule has 0 fully saturated rings. The minimum Gasteiger partial charge on any atom is -0.480 e. The van der Waals surface area contributed by atoms with Crippen LogP contribution in [0.1, 0.15) is 24.3 Å². The predicted octanol–water partition coefficient (Wildman–Crippen LogP) is 0.864. The smallest absolute Gasteiger partial charge is 0.326 e. The number of nitrogens with one attached hydrogen (secondary N) is 1. The standard InChI is InChI=1S/C11H16N2O3/c1-7(2)9(11(15)16)12-10(14)8-5-4-6-13(8)3/h4-7,9H,1-3H3,(H,12,14)(H,15,16). The number of carboxylic acid groups (broad SMARTS) is 1. The van der Waals surface area contributed by atoms with Crippen molar-refractivity contribution in [1.82, 2.24) is 9.88 Å². The van der Waals surface area contributed by atoms with Crippen molar-refractivity contribution in [2.45, 2.75) is 19.9 Å². The molecule has 0 aliphatic heterocycles. The van der Waals surface area contributed by atoms with E-state index in [2.05, 4.69) is 5.32 Å². The molecular weight excluding hydrogens is 208 g/mol. The summed E-state index contributed by atoms with van der Waals surface area (Å²) < 4.78 is 1.65. The molecule has 5 nitrogen and oxygen atoms in total. The Morgan fingerprint density at radius 1 is 1.44 bits per heavy atom. The van der Waals surface area contributed by atoms with Crippen LogP contribution in [-0.4, -0.2) is 27.6 Å². The van der Waals surface area contributed by atoms with Gasteiger partial charge in [-0.05, 0) is 18.1 Å². The van der Waals surface area contributed by atoms with Crippen LogP contribution in [0.4, 0.5) is 0 Å².